The van der Waals surface area contributed by atoms with Crippen LogP contribution in [0, 0.1) is 0 Å². The molecule has 18 heavy (non-hydrogen) atoms. The molecule has 3 unspecified atom stereocenters. The number of carbonyl (C=O) groups is 3. The molecule has 1 fully saturated rings. The predicted molar refractivity (Wildman–Crippen MR) is 60.5 cm³/mol. The summed E-state index contributed by atoms with van der Waals surface area (Å²) in [5.74, 6) is -1.46. The summed E-state index contributed by atoms with van der Waals surface area (Å²) < 4.78 is 20.3. The first-order valence-electron chi connectivity index (χ1n) is 5.55. The number of rotatable bonds is 3. The third-order valence-corrected chi connectivity index (χ3v) is 4.14. The molecule has 1 aliphatic rings. The van der Waals surface area contributed by atoms with Gasteiger partial charge in [-0.05, 0) is 6.42 Å². The molecule has 0 aromatic carbocycles. The van der Waals surface area contributed by atoms with Crippen LogP contribution in [0.1, 0.15) is 27.2 Å². The zero-order valence-corrected chi connectivity index (χ0v) is 11.7. The van der Waals surface area contributed by atoms with Crippen LogP contribution in [-0.2, 0) is 32.7 Å². The molecule has 0 aromatic heterocycles. The largest absolute Gasteiger partial charge is 0.497 e. The van der Waals surface area contributed by atoms with Crippen molar-refractivity contribution in [2.45, 2.75) is 45.6 Å². The van der Waals surface area contributed by atoms with Gasteiger partial charge in [0.25, 0.3) is 5.97 Å². The Labute approximate surface area is 106 Å². The van der Waals surface area contributed by atoms with Crippen LogP contribution in [0.3, 0.4) is 0 Å². The molecule has 1 rings (SSSR count). The third-order valence-electron chi connectivity index (χ3n) is 2.17. The Bertz CT molecular complexity index is 343. The van der Waals surface area contributed by atoms with E-state index in [4.69, 9.17) is 18.3 Å². The van der Waals surface area contributed by atoms with Crippen molar-refractivity contribution in [3.05, 3.63) is 0 Å². The van der Waals surface area contributed by atoms with E-state index >= 15 is 0 Å². The van der Waals surface area contributed by atoms with Crippen molar-refractivity contribution in [2.75, 3.05) is 0 Å². The predicted octanol–water partition coefficient (Wildman–Crippen LogP) is 0.0112. The van der Waals surface area contributed by atoms with Gasteiger partial charge in [0.2, 0.25) is 6.29 Å². The number of carbonyl (C=O) groups excluding carboxylic acids is 3. The normalized spacial score (nSPS) is 27.2. The lowest BCUT2D eigenvalue weighted by Gasteiger charge is -2.33. The van der Waals surface area contributed by atoms with E-state index in [2.05, 4.69) is 0 Å². The van der Waals surface area contributed by atoms with E-state index in [-0.39, 0.29) is 0 Å². The van der Waals surface area contributed by atoms with Crippen molar-refractivity contribution in [2.24, 2.45) is 0 Å². The molecule has 7 nitrogen and oxygen atoms in total. The van der Waals surface area contributed by atoms with Crippen LogP contribution in [0.4, 0.5) is 0 Å². The van der Waals surface area contributed by atoms with Crippen molar-refractivity contribution in [3.8, 4) is 0 Å². The Morgan fingerprint density at radius 2 is 1.67 bits per heavy atom. The highest BCUT2D eigenvalue weighted by atomic mass is 28.3. The van der Waals surface area contributed by atoms with Gasteiger partial charge < -0.3 is 18.3 Å². The molecule has 0 N–H and O–H groups in total. The van der Waals surface area contributed by atoms with E-state index < -0.39 is 39.6 Å². The second kappa shape index (κ2) is 6.50. The summed E-state index contributed by atoms with van der Waals surface area (Å²) in [7, 11) is -2.20. The second-order valence-electron chi connectivity index (χ2n) is 3.88. The molecule has 102 valence electrons. The maximum atomic E-state index is 10.9. The molecule has 0 spiro atoms. The lowest BCUT2D eigenvalue weighted by Crippen LogP contribution is -2.46. The Balaban J connectivity index is 2.62. The first kappa shape index (κ1) is 14.6. The van der Waals surface area contributed by atoms with Crippen LogP contribution in [-0.4, -0.2) is 39.6 Å². The van der Waals surface area contributed by atoms with Crippen molar-refractivity contribution in [1.82, 2.24) is 0 Å². The van der Waals surface area contributed by atoms with Gasteiger partial charge >= 0.3 is 21.2 Å². The summed E-state index contributed by atoms with van der Waals surface area (Å²) in [5, 5.41) is 0. The Morgan fingerprint density at radius 3 is 2.17 bits per heavy atom. The minimum Gasteiger partial charge on any atom is -0.497 e. The summed E-state index contributed by atoms with van der Waals surface area (Å²) in [6, 6.07) is 0.509. The highest BCUT2D eigenvalue weighted by Gasteiger charge is 2.38. The van der Waals surface area contributed by atoms with Crippen molar-refractivity contribution in [1.29, 1.82) is 0 Å². The Kier molecular flexibility index (Phi) is 5.29. The smallest absolute Gasteiger partial charge is 0.388 e. The summed E-state index contributed by atoms with van der Waals surface area (Å²) in [6.45, 7) is 3.78. The summed E-state index contributed by atoms with van der Waals surface area (Å²) in [5.41, 5.74) is 0. The molecule has 1 aliphatic heterocycles. The topological polar surface area (TPSA) is 88.1 Å². The zero-order chi connectivity index (χ0) is 13.7. The quantitative estimate of drug-likeness (QED) is 0.407. The number of ether oxygens (including phenoxy) is 2. The molecule has 0 saturated carbocycles. The van der Waals surface area contributed by atoms with E-state index in [0.717, 1.165) is 0 Å². The molecule has 0 radical (unpaired) electrons. The molecular weight excluding hydrogens is 260 g/mol. The first-order chi connectivity index (χ1) is 8.38. The van der Waals surface area contributed by atoms with Crippen LogP contribution in [0.15, 0.2) is 0 Å². The van der Waals surface area contributed by atoms with Crippen LogP contribution in [0.5, 0.6) is 0 Å². The average Bonchev–Trinajstić information content (AvgIpc) is 2.19. The van der Waals surface area contributed by atoms with Gasteiger partial charge in [0.05, 0.1) is 0 Å². The van der Waals surface area contributed by atoms with E-state index in [0.29, 0.717) is 12.5 Å². The zero-order valence-electron chi connectivity index (χ0n) is 10.5. The van der Waals surface area contributed by atoms with Crippen molar-refractivity contribution in [3.63, 3.8) is 0 Å². The minimum atomic E-state index is -2.20. The molecule has 1 heterocycles. The monoisotopic (exact) mass is 276 g/mol. The molecule has 0 aromatic rings. The van der Waals surface area contributed by atoms with Crippen LogP contribution < -0.4 is 0 Å². The number of hydrogen-bond acceptors (Lipinski definition) is 7. The maximum absolute atomic E-state index is 10.9. The number of hydrogen-bond donors (Lipinski definition) is 0. The van der Waals surface area contributed by atoms with Gasteiger partial charge in [0.15, 0.2) is 6.10 Å². The van der Waals surface area contributed by atoms with Crippen LogP contribution in [0.25, 0.3) is 0 Å². The lowest BCUT2D eigenvalue weighted by atomic mass is 10.2. The minimum absolute atomic E-state index is 0.431. The Morgan fingerprint density at radius 1 is 1.06 bits per heavy atom. The molecular formula is C10H16O7Si. The highest BCUT2D eigenvalue weighted by Crippen LogP contribution is 2.23. The van der Waals surface area contributed by atoms with Crippen molar-refractivity contribution >= 4 is 27.2 Å². The summed E-state index contributed by atoms with van der Waals surface area (Å²) in [6.07, 6.45) is -1.19. The van der Waals surface area contributed by atoms with Gasteiger partial charge in [-0.15, -0.1) is 0 Å². The van der Waals surface area contributed by atoms with E-state index in [9.17, 15) is 14.4 Å². The molecule has 0 bridgehead atoms. The first-order valence-corrected chi connectivity index (χ1v) is 7.31. The SMILES string of the molecule is CC(=O)OC1CC[SiH](OC(C)=O)OC1OC(C)=O. The van der Waals surface area contributed by atoms with Gasteiger partial charge in [0.1, 0.15) is 0 Å². The van der Waals surface area contributed by atoms with E-state index in [1.165, 1.54) is 20.8 Å². The van der Waals surface area contributed by atoms with Gasteiger partial charge in [0, 0.05) is 26.8 Å². The molecule has 0 amide bonds. The van der Waals surface area contributed by atoms with Gasteiger partial charge in [-0.25, -0.2) is 0 Å². The van der Waals surface area contributed by atoms with Gasteiger partial charge in [-0.1, -0.05) is 0 Å². The van der Waals surface area contributed by atoms with Gasteiger partial charge in [-0.2, -0.15) is 0 Å². The lowest BCUT2D eigenvalue weighted by molar-refractivity contribution is -0.198. The molecule has 0 aliphatic carbocycles. The fraction of sp³-hybridized carbons (Fsp3) is 0.700. The standard InChI is InChI=1S/C10H16O7Si/c1-6(11)14-9-4-5-18(16-8(3)13)17-10(9)15-7(2)12/h9-10,18H,4-5H2,1-3H3. The highest BCUT2D eigenvalue weighted by molar-refractivity contribution is 6.46. The van der Waals surface area contributed by atoms with Gasteiger partial charge in [-0.3, -0.25) is 14.4 Å². The van der Waals surface area contributed by atoms with Crippen LogP contribution >= 0.6 is 0 Å². The third kappa shape index (κ3) is 4.84. The number of esters is 2. The fourth-order valence-corrected chi connectivity index (χ4v) is 3.42. The average molecular weight is 276 g/mol. The Hall–Kier alpha value is -1.41. The summed E-state index contributed by atoms with van der Waals surface area (Å²) in [4.78, 5) is 32.7. The second-order valence-corrected chi connectivity index (χ2v) is 5.82. The molecule has 8 heteroatoms. The van der Waals surface area contributed by atoms with Crippen molar-refractivity contribution < 1.29 is 32.7 Å². The maximum Gasteiger partial charge on any atom is 0.388 e. The van der Waals surface area contributed by atoms with E-state index in [1.54, 1.807) is 0 Å². The van der Waals surface area contributed by atoms with Crippen LogP contribution in [0.2, 0.25) is 6.04 Å². The molecule has 3 atom stereocenters. The fourth-order valence-electron chi connectivity index (χ4n) is 1.61. The summed E-state index contributed by atoms with van der Waals surface area (Å²) >= 11 is 0. The van der Waals surface area contributed by atoms with E-state index in [1.807, 2.05) is 0 Å². The molecule has 1 saturated heterocycles.